The molecule has 10 nitrogen and oxygen atoms in total. The molecule has 3 aromatic carbocycles. The van der Waals surface area contributed by atoms with Crippen LogP contribution in [0.15, 0.2) is 66.7 Å². The van der Waals surface area contributed by atoms with Crippen molar-refractivity contribution in [2.75, 3.05) is 10.2 Å². The van der Waals surface area contributed by atoms with Gasteiger partial charge in [-0.05, 0) is 48.5 Å². The number of imide groups is 1. The standard InChI is InChI=1S/C22H13N3O7/c26-19(23-14-7-4-12(5-8-14)22(29)30)13-6-9-17-18(10-13)21(28)24(20(17)27)15-2-1-3-16(11-15)25(31)32/h1-11H,(H,23,26)(H,29,30). The number of carbonyl (C=O) groups excluding carboxylic acids is 3. The molecule has 0 saturated heterocycles. The molecule has 2 N–H and O–H groups in total. The lowest BCUT2D eigenvalue weighted by Crippen LogP contribution is -2.29. The molecule has 0 atom stereocenters. The lowest BCUT2D eigenvalue weighted by atomic mass is 10.1. The van der Waals surface area contributed by atoms with Crippen LogP contribution in [-0.4, -0.2) is 33.7 Å². The number of fused-ring (bicyclic) bond motifs is 1. The molecule has 0 radical (unpaired) electrons. The number of aromatic carboxylic acids is 1. The third kappa shape index (κ3) is 3.56. The van der Waals surface area contributed by atoms with Gasteiger partial charge in [-0.25, -0.2) is 9.69 Å². The maximum Gasteiger partial charge on any atom is 0.335 e. The van der Waals surface area contributed by atoms with Crippen molar-refractivity contribution >= 4 is 40.8 Å². The molecule has 0 spiro atoms. The molecule has 0 aromatic heterocycles. The van der Waals surface area contributed by atoms with Gasteiger partial charge in [0.2, 0.25) is 0 Å². The molecule has 4 rings (SSSR count). The Balaban J connectivity index is 1.60. The monoisotopic (exact) mass is 431 g/mol. The Morgan fingerprint density at radius 2 is 1.53 bits per heavy atom. The van der Waals surface area contributed by atoms with E-state index in [9.17, 15) is 29.3 Å². The summed E-state index contributed by atoms with van der Waals surface area (Å²) >= 11 is 0. The van der Waals surface area contributed by atoms with E-state index in [1.165, 1.54) is 60.7 Å². The predicted molar refractivity (Wildman–Crippen MR) is 112 cm³/mol. The number of carboxylic acid groups (broad SMARTS) is 1. The molecule has 0 aliphatic carbocycles. The first kappa shape index (κ1) is 20.4. The van der Waals surface area contributed by atoms with E-state index < -0.39 is 28.6 Å². The molecule has 1 heterocycles. The second-order valence-corrected chi connectivity index (χ2v) is 6.82. The Bertz CT molecular complexity index is 1320. The van der Waals surface area contributed by atoms with E-state index in [4.69, 9.17) is 5.11 Å². The van der Waals surface area contributed by atoms with Gasteiger partial charge < -0.3 is 10.4 Å². The number of rotatable bonds is 5. The number of carbonyl (C=O) groups is 4. The van der Waals surface area contributed by atoms with E-state index in [0.717, 1.165) is 11.0 Å². The molecule has 0 saturated carbocycles. The van der Waals surface area contributed by atoms with Crippen molar-refractivity contribution in [2.24, 2.45) is 0 Å². The number of nitro benzene ring substituents is 1. The zero-order chi connectivity index (χ0) is 23.0. The van der Waals surface area contributed by atoms with Gasteiger partial charge in [0.15, 0.2) is 0 Å². The third-order valence-electron chi connectivity index (χ3n) is 4.84. The smallest absolute Gasteiger partial charge is 0.335 e. The van der Waals surface area contributed by atoms with Crippen LogP contribution < -0.4 is 10.2 Å². The van der Waals surface area contributed by atoms with Crippen LogP contribution in [0.5, 0.6) is 0 Å². The number of anilines is 2. The minimum Gasteiger partial charge on any atom is -0.478 e. The van der Waals surface area contributed by atoms with Crippen molar-refractivity contribution in [3.8, 4) is 0 Å². The average molecular weight is 431 g/mol. The number of benzene rings is 3. The number of nitro groups is 1. The van der Waals surface area contributed by atoms with Gasteiger partial charge in [0.1, 0.15) is 0 Å². The fraction of sp³-hybridized carbons (Fsp3) is 0. The fourth-order valence-corrected chi connectivity index (χ4v) is 3.26. The zero-order valence-corrected chi connectivity index (χ0v) is 16.1. The number of amides is 3. The zero-order valence-electron chi connectivity index (χ0n) is 16.1. The molecule has 1 aliphatic rings. The summed E-state index contributed by atoms with van der Waals surface area (Å²) in [4.78, 5) is 60.3. The van der Waals surface area contributed by atoms with E-state index in [1.54, 1.807) is 0 Å². The number of non-ortho nitro benzene ring substituents is 1. The highest BCUT2D eigenvalue weighted by Crippen LogP contribution is 2.31. The van der Waals surface area contributed by atoms with Gasteiger partial charge in [-0.15, -0.1) is 0 Å². The minimum absolute atomic E-state index is 0.00428. The molecule has 3 aromatic rings. The van der Waals surface area contributed by atoms with Crippen molar-refractivity contribution in [2.45, 2.75) is 0 Å². The highest BCUT2D eigenvalue weighted by atomic mass is 16.6. The van der Waals surface area contributed by atoms with E-state index in [1.807, 2.05) is 0 Å². The lowest BCUT2D eigenvalue weighted by molar-refractivity contribution is -0.384. The number of hydrogen-bond acceptors (Lipinski definition) is 6. The van der Waals surface area contributed by atoms with Crippen LogP contribution in [-0.2, 0) is 0 Å². The highest BCUT2D eigenvalue weighted by Gasteiger charge is 2.37. The van der Waals surface area contributed by atoms with Crippen LogP contribution in [0.4, 0.5) is 17.1 Å². The van der Waals surface area contributed by atoms with Crippen LogP contribution >= 0.6 is 0 Å². The summed E-state index contributed by atoms with van der Waals surface area (Å²) in [7, 11) is 0. The molecule has 10 heteroatoms. The molecule has 0 unspecified atom stereocenters. The lowest BCUT2D eigenvalue weighted by Gasteiger charge is -2.13. The topological polar surface area (TPSA) is 147 Å². The van der Waals surface area contributed by atoms with E-state index in [-0.39, 0.29) is 33.6 Å². The number of nitrogens with zero attached hydrogens (tertiary/aromatic N) is 2. The maximum atomic E-state index is 12.9. The largest absolute Gasteiger partial charge is 0.478 e. The van der Waals surface area contributed by atoms with Gasteiger partial charge in [-0.1, -0.05) is 6.07 Å². The van der Waals surface area contributed by atoms with E-state index in [0.29, 0.717) is 5.69 Å². The average Bonchev–Trinajstić information content (AvgIpc) is 3.03. The SMILES string of the molecule is O=C(O)c1ccc(NC(=O)c2ccc3c(c2)C(=O)N(c2cccc([N+](=O)[O-])c2)C3=O)cc1. The second kappa shape index (κ2) is 7.76. The van der Waals surface area contributed by atoms with Crippen LogP contribution in [0.3, 0.4) is 0 Å². The number of hydrogen-bond donors (Lipinski definition) is 2. The summed E-state index contributed by atoms with van der Waals surface area (Å²) in [5.41, 5.74) is 0.363. The van der Waals surface area contributed by atoms with Crippen molar-refractivity contribution in [1.29, 1.82) is 0 Å². The predicted octanol–water partition coefficient (Wildman–Crippen LogP) is 3.35. The van der Waals surface area contributed by atoms with Gasteiger partial charge in [0, 0.05) is 23.4 Å². The summed E-state index contributed by atoms with van der Waals surface area (Å²) in [6, 6.07) is 14.6. The maximum absolute atomic E-state index is 12.9. The molecule has 1 aliphatic heterocycles. The molecular formula is C22H13N3O7. The van der Waals surface area contributed by atoms with Crippen molar-refractivity contribution in [1.82, 2.24) is 0 Å². The first-order chi connectivity index (χ1) is 15.3. The van der Waals surface area contributed by atoms with Crippen LogP contribution in [0.1, 0.15) is 41.4 Å². The quantitative estimate of drug-likeness (QED) is 0.358. The van der Waals surface area contributed by atoms with Crippen LogP contribution in [0.2, 0.25) is 0 Å². The number of nitrogens with one attached hydrogen (secondary N) is 1. The first-order valence-corrected chi connectivity index (χ1v) is 9.18. The number of carboxylic acids is 1. The van der Waals surface area contributed by atoms with Gasteiger partial charge in [0.25, 0.3) is 23.4 Å². The molecule has 32 heavy (non-hydrogen) atoms. The minimum atomic E-state index is -1.10. The summed E-state index contributed by atoms with van der Waals surface area (Å²) < 4.78 is 0. The van der Waals surface area contributed by atoms with Crippen molar-refractivity contribution in [3.63, 3.8) is 0 Å². The molecule has 0 bridgehead atoms. The van der Waals surface area contributed by atoms with Gasteiger partial charge in [0.05, 0.1) is 27.3 Å². The highest BCUT2D eigenvalue weighted by molar-refractivity contribution is 6.34. The van der Waals surface area contributed by atoms with Crippen molar-refractivity contribution in [3.05, 3.63) is 99.1 Å². The second-order valence-electron chi connectivity index (χ2n) is 6.82. The Morgan fingerprint density at radius 3 is 2.19 bits per heavy atom. The summed E-state index contributed by atoms with van der Waals surface area (Å²) in [6.45, 7) is 0. The molecule has 158 valence electrons. The normalized spacial score (nSPS) is 12.4. The summed E-state index contributed by atoms with van der Waals surface area (Å²) in [5, 5.41) is 22.5. The Labute approximate surface area is 179 Å². The van der Waals surface area contributed by atoms with Gasteiger partial charge in [-0.2, -0.15) is 0 Å². The first-order valence-electron chi connectivity index (χ1n) is 9.18. The van der Waals surface area contributed by atoms with E-state index in [2.05, 4.69) is 5.32 Å². The third-order valence-corrected chi connectivity index (χ3v) is 4.84. The van der Waals surface area contributed by atoms with Gasteiger partial charge in [-0.3, -0.25) is 24.5 Å². The van der Waals surface area contributed by atoms with Gasteiger partial charge >= 0.3 is 5.97 Å². The molecule has 0 fully saturated rings. The fourth-order valence-electron chi connectivity index (χ4n) is 3.26. The van der Waals surface area contributed by atoms with Crippen LogP contribution in [0.25, 0.3) is 0 Å². The Kier molecular flexibility index (Phi) is 4.95. The van der Waals surface area contributed by atoms with E-state index >= 15 is 0 Å². The molecule has 3 amide bonds. The summed E-state index contributed by atoms with van der Waals surface area (Å²) in [5.74, 6) is -3.02. The Morgan fingerprint density at radius 1 is 0.875 bits per heavy atom. The Hall–Kier alpha value is -4.86. The molecular weight excluding hydrogens is 418 g/mol. The van der Waals surface area contributed by atoms with Crippen molar-refractivity contribution < 1.29 is 29.2 Å². The van der Waals surface area contributed by atoms with Crippen LogP contribution in [0, 0.1) is 10.1 Å². The summed E-state index contributed by atoms with van der Waals surface area (Å²) in [6.07, 6.45) is 0.